The molecule has 15 heteroatoms. The van der Waals surface area contributed by atoms with Crippen LogP contribution >= 0.6 is 0 Å². The van der Waals surface area contributed by atoms with Crippen molar-refractivity contribution in [2.75, 3.05) is 26.2 Å². The first-order valence-corrected chi connectivity index (χ1v) is 11.7. The number of aliphatic hydroxyl groups excluding tert-OH is 1. The van der Waals surface area contributed by atoms with Gasteiger partial charge in [-0.25, -0.2) is 4.79 Å². The summed E-state index contributed by atoms with van der Waals surface area (Å²) in [6.07, 6.45) is 2.85. The van der Waals surface area contributed by atoms with Gasteiger partial charge >= 0.3 is 5.97 Å². The second-order valence-corrected chi connectivity index (χ2v) is 8.45. The van der Waals surface area contributed by atoms with Gasteiger partial charge in [-0.15, -0.1) is 0 Å². The van der Waals surface area contributed by atoms with Crippen molar-refractivity contribution < 1.29 is 39.3 Å². The van der Waals surface area contributed by atoms with Gasteiger partial charge in [-0.3, -0.25) is 24.2 Å². The van der Waals surface area contributed by atoms with Gasteiger partial charge in [0.1, 0.15) is 18.1 Å². The van der Waals surface area contributed by atoms with E-state index in [4.69, 9.17) is 21.4 Å². The summed E-state index contributed by atoms with van der Waals surface area (Å²) in [7, 11) is 0. The number of nitrogens with two attached hydrogens (primary N) is 2. The first-order chi connectivity index (χ1) is 17.0. The SMILES string of the molecule is CC(=O)O.NC(N)=NCCC[C@H](NC(=O)[C@@H]1CCCN1C(=O)[C@H](CO)NC(=O)[C@@H]1CCCN1)C(=O)O. The van der Waals surface area contributed by atoms with Gasteiger partial charge in [0.25, 0.3) is 5.97 Å². The minimum absolute atomic E-state index is 0.102. The summed E-state index contributed by atoms with van der Waals surface area (Å²) in [6, 6.07) is -3.62. The number of carbonyl (C=O) groups is 5. The average Bonchev–Trinajstić information content (AvgIpc) is 3.50. The van der Waals surface area contributed by atoms with Crippen LogP contribution in [0.1, 0.15) is 45.4 Å². The van der Waals surface area contributed by atoms with Crippen LogP contribution in [0.25, 0.3) is 0 Å². The Kier molecular flexibility index (Phi) is 13.2. The van der Waals surface area contributed by atoms with Crippen LogP contribution in [0.15, 0.2) is 4.99 Å². The van der Waals surface area contributed by atoms with Crippen LogP contribution in [0, 0.1) is 0 Å². The summed E-state index contributed by atoms with van der Waals surface area (Å²) in [5, 5.41) is 34.5. The van der Waals surface area contributed by atoms with Gasteiger partial charge in [-0.1, -0.05) is 0 Å². The number of aliphatic carboxylic acids is 2. The number of nitrogens with zero attached hydrogens (tertiary/aromatic N) is 2. The number of aliphatic imine (C=N–C) groups is 1. The van der Waals surface area contributed by atoms with Gasteiger partial charge in [0.2, 0.25) is 17.7 Å². The smallest absolute Gasteiger partial charge is 0.326 e. The Morgan fingerprint density at radius 3 is 2.22 bits per heavy atom. The van der Waals surface area contributed by atoms with Crippen molar-refractivity contribution in [3.05, 3.63) is 0 Å². The molecule has 10 N–H and O–H groups in total. The molecule has 2 fully saturated rings. The number of rotatable bonds is 11. The molecule has 2 aliphatic heterocycles. The van der Waals surface area contributed by atoms with E-state index < -0.39 is 54.5 Å². The maximum Gasteiger partial charge on any atom is 0.326 e. The summed E-state index contributed by atoms with van der Waals surface area (Å²) in [5.74, 6) is -3.68. The lowest BCUT2D eigenvalue weighted by Crippen LogP contribution is -2.57. The standard InChI is InChI=1S/C19H33N7O6.C2H4O2/c20-19(21)23-8-2-5-12(18(31)32)24-16(29)14-6-3-9-26(14)17(30)13(10-27)25-15(28)11-4-1-7-22-11;1-2(3)4/h11-14,22,27H,1-10H2,(H,24,29)(H,25,28)(H,31,32)(H4,20,21,23);1H3,(H,3,4)/t11-,12-,13-,14-;/m0./s1. The number of nitrogens with one attached hydrogen (secondary N) is 3. The molecule has 2 aliphatic rings. The van der Waals surface area contributed by atoms with Crippen molar-refractivity contribution in [3.8, 4) is 0 Å². The molecule has 0 spiro atoms. The van der Waals surface area contributed by atoms with E-state index in [1.165, 1.54) is 4.90 Å². The molecule has 15 nitrogen and oxygen atoms in total. The molecule has 2 heterocycles. The Morgan fingerprint density at radius 1 is 1.06 bits per heavy atom. The molecule has 0 aromatic rings. The summed E-state index contributed by atoms with van der Waals surface area (Å²) in [5.41, 5.74) is 10.5. The fourth-order valence-electron chi connectivity index (χ4n) is 3.90. The predicted molar refractivity (Wildman–Crippen MR) is 128 cm³/mol. The molecule has 0 saturated carbocycles. The zero-order valence-electron chi connectivity index (χ0n) is 20.3. The molecule has 36 heavy (non-hydrogen) atoms. The summed E-state index contributed by atoms with van der Waals surface area (Å²) in [4.78, 5) is 63.6. The lowest BCUT2D eigenvalue weighted by Gasteiger charge is -2.29. The van der Waals surface area contributed by atoms with E-state index in [0.717, 1.165) is 13.3 Å². The van der Waals surface area contributed by atoms with E-state index >= 15 is 0 Å². The Hall–Kier alpha value is -3.46. The number of amides is 3. The van der Waals surface area contributed by atoms with Crippen molar-refractivity contribution in [2.45, 2.75) is 69.6 Å². The first-order valence-electron chi connectivity index (χ1n) is 11.7. The molecule has 0 bridgehead atoms. The Bertz CT molecular complexity index is 808. The van der Waals surface area contributed by atoms with Crippen molar-refractivity contribution in [3.63, 3.8) is 0 Å². The summed E-state index contributed by atoms with van der Waals surface area (Å²) in [6.45, 7) is 1.68. The Morgan fingerprint density at radius 2 is 1.69 bits per heavy atom. The zero-order valence-corrected chi connectivity index (χ0v) is 20.3. The highest BCUT2D eigenvalue weighted by atomic mass is 16.4. The summed E-state index contributed by atoms with van der Waals surface area (Å²) < 4.78 is 0. The van der Waals surface area contributed by atoms with E-state index in [0.29, 0.717) is 32.2 Å². The van der Waals surface area contributed by atoms with Crippen LogP contribution in [0.4, 0.5) is 0 Å². The van der Waals surface area contributed by atoms with Crippen molar-refractivity contribution in [1.29, 1.82) is 0 Å². The fraction of sp³-hybridized carbons (Fsp3) is 0.714. The number of hydrogen-bond donors (Lipinski definition) is 8. The van der Waals surface area contributed by atoms with E-state index in [1.807, 2.05) is 0 Å². The maximum atomic E-state index is 12.9. The number of carboxylic acids is 2. The first kappa shape index (κ1) is 30.6. The quantitative estimate of drug-likeness (QED) is 0.0778. The molecular formula is C21H37N7O8. The van der Waals surface area contributed by atoms with Crippen LogP contribution in [0.3, 0.4) is 0 Å². The molecule has 3 amide bonds. The molecule has 0 aliphatic carbocycles. The number of hydrogen-bond acceptors (Lipinski definition) is 8. The molecule has 0 radical (unpaired) electrons. The molecule has 0 aromatic carbocycles. The molecule has 0 unspecified atom stereocenters. The highest BCUT2D eigenvalue weighted by Gasteiger charge is 2.39. The molecule has 0 aromatic heterocycles. The normalized spacial score (nSPS) is 20.3. The minimum Gasteiger partial charge on any atom is -0.481 e. The average molecular weight is 516 g/mol. The molecule has 2 rings (SSSR count). The zero-order chi connectivity index (χ0) is 27.3. The third-order valence-corrected chi connectivity index (χ3v) is 5.57. The van der Waals surface area contributed by atoms with Gasteiger partial charge in [-0.05, 0) is 45.1 Å². The highest BCUT2D eigenvalue weighted by molar-refractivity contribution is 5.94. The number of likely N-dealkylation sites (tertiary alicyclic amines) is 1. The minimum atomic E-state index is -1.21. The Labute approximate surface area is 208 Å². The van der Waals surface area contributed by atoms with Gasteiger partial charge in [0.05, 0.1) is 12.6 Å². The van der Waals surface area contributed by atoms with Crippen LogP contribution in [-0.4, -0.2) is 106 Å². The van der Waals surface area contributed by atoms with E-state index in [1.54, 1.807) is 0 Å². The van der Waals surface area contributed by atoms with Gasteiger partial charge in [-0.2, -0.15) is 0 Å². The molecule has 2 saturated heterocycles. The topological polar surface area (TPSA) is 250 Å². The van der Waals surface area contributed by atoms with Crippen molar-refractivity contribution in [1.82, 2.24) is 20.9 Å². The van der Waals surface area contributed by atoms with Crippen LogP contribution < -0.4 is 27.4 Å². The molecule has 204 valence electrons. The largest absolute Gasteiger partial charge is 0.481 e. The number of carbonyl (C=O) groups excluding carboxylic acids is 3. The van der Waals surface area contributed by atoms with Crippen LogP contribution in [0.2, 0.25) is 0 Å². The van der Waals surface area contributed by atoms with Gasteiger partial charge in [0.15, 0.2) is 5.96 Å². The second-order valence-electron chi connectivity index (χ2n) is 8.45. The summed E-state index contributed by atoms with van der Waals surface area (Å²) >= 11 is 0. The van der Waals surface area contributed by atoms with E-state index in [2.05, 4.69) is 20.9 Å². The van der Waals surface area contributed by atoms with E-state index in [9.17, 15) is 29.4 Å². The third-order valence-electron chi connectivity index (χ3n) is 5.57. The monoisotopic (exact) mass is 515 g/mol. The molecule has 4 atom stereocenters. The number of guanidine groups is 1. The third kappa shape index (κ3) is 10.4. The number of carboxylic acid groups (broad SMARTS) is 2. The number of aliphatic hydroxyl groups is 1. The van der Waals surface area contributed by atoms with Gasteiger partial charge in [0, 0.05) is 20.0 Å². The molecular weight excluding hydrogens is 478 g/mol. The predicted octanol–water partition coefficient (Wildman–Crippen LogP) is -3.08. The van der Waals surface area contributed by atoms with Crippen molar-refractivity contribution in [2.24, 2.45) is 16.5 Å². The lowest BCUT2D eigenvalue weighted by molar-refractivity contribution is -0.145. The lowest BCUT2D eigenvalue weighted by atomic mass is 10.1. The van der Waals surface area contributed by atoms with Crippen molar-refractivity contribution >= 4 is 35.6 Å². The Balaban J connectivity index is 0.00000150. The maximum absolute atomic E-state index is 12.9. The van der Waals surface area contributed by atoms with Crippen LogP contribution in [0.5, 0.6) is 0 Å². The fourth-order valence-corrected chi connectivity index (χ4v) is 3.90. The van der Waals surface area contributed by atoms with E-state index in [-0.39, 0.29) is 31.4 Å². The van der Waals surface area contributed by atoms with Crippen LogP contribution in [-0.2, 0) is 24.0 Å². The second kappa shape index (κ2) is 15.5. The van der Waals surface area contributed by atoms with Gasteiger partial charge < -0.3 is 47.6 Å². The highest BCUT2D eigenvalue weighted by Crippen LogP contribution is 2.19.